The van der Waals surface area contributed by atoms with E-state index in [0.717, 1.165) is 22.4 Å². The van der Waals surface area contributed by atoms with Gasteiger partial charge in [-0.05, 0) is 61.2 Å². The van der Waals surface area contributed by atoms with Crippen LogP contribution in [0, 0.1) is 13.8 Å². The molecule has 2 amide bonds. The highest BCUT2D eigenvalue weighted by Crippen LogP contribution is 2.26. The van der Waals surface area contributed by atoms with Crippen molar-refractivity contribution in [1.29, 1.82) is 0 Å². The maximum atomic E-state index is 13.1. The number of aryl methyl sites for hydroxylation is 2. The van der Waals surface area contributed by atoms with Gasteiger partial charge >= 0.3 is 0 Å². The van der Waals surface area contributed by atoms with Crippen LogP contribution >= 0.6 is 11.6 Å². The summed E-state index contributed by atoms with van der Waals surface area (Å²) in [6.45, 7) is 5.76. The lowest BCUT2D eigenvalue weighted by Gasteiger charge is -2.30. The number of likely N-dealkylation sites (N-methyl/N-ethyl adjacent to an activating group) is 1. The Bertz CT molecular complexity index is 860. The number of hydrogen-bond acceptors (Lipinski definition) is 4. The molecule has 0 saturated heterocycles. The van der Waals surface area contributed by atoms with Gasteiger partial charge in [-0.2, -0.15) is 0 Å². The number of ether oxygens (including phenoxy) is 2. The predicted octanol–water partition coefficient (Wildman–Crippen LogP) is 3.90. The Balaban J connectivity index is 2.21. The Morgan fingerprint density at radius 2 is 1.70 bits per heavy atom. The Labute approximate surface area is 183 Å². The second-order valence-corrected chi connectivity index (χ2v) is 7.45. The van der Waals surface area contributed by atoms with Crippen molar-refractivity contribution >= 4 is 23.4 Å². The first-order chi connectivity index (χ1) is 14.3. The number of nitrogens with zero attached hydrogens (tertiary/aromatic N) is 1. The molecule has 0 spiro atoms. The number of carbonyl (C=O) groups is 2. The molecule has 0 unspecified atom stereocenters. The van der Waals surface area contributed by atoms with Gasteiger partial charge in [0.25, 0.3) is 5.91 Å². The van der Waals surface area contributed by atoms with Crippen LogP contribution in [0.15, 0.2) is 36.4 Å². The topological polar surface area (TPSA) is 67.9 Å². The van der Waals surface area contributed by atoms with Crippen LogP contribution in [0.25, 0.3) is 0 Å². The van der Waals surface area contributed by atoms with Crippen LogP contribution in [-0.4, -0.2) is 43.5 Å². The van der Waals surface area contributed by atoms with Crippen LogP contribution in [0.1, 0.15) is 30.0 Å². The molecule has 0 saturated carbocycles. The van der Waals surface area contributed by atoms with Crippen LogP contribution in [0.2, 0.25) is 5.02 Å². The smallest absolute Gasteiger partial charge is 0.261 e. The van der Waals surface area contributed by atoms with E-state index in [1.165, 1.54) is 0 Å². The quantitative estimate of drug-likeness (QED) is 0.652. The van der Waals surface area contributed by atoms with Crippen molar-refractivity contribution in [3.05, 3.63) is 58.1 Å². The Morgan fingerprint density at radius 3 is 2.20 bits per heavy atom. The van der Waals surface area contributed by atoms with Gasteiger partial charge in [-0.25, -0.2) is 0 Å². The number of hydrogen-bond donors (Lipinski definition) is 1. The summed E-state index contributed by atoms with van der Waals surface area (Å²) in [6.07, 6.45) is 0.487. The average Bonchev–Trinajstić information content (AvgIpc) is 2.75. The maximum Gasteiger partial charge on any atom is 0.261 e. The van der Waals surface area contributed by atoms with Gasteiger partial charge in [-0.1, -0.05) is 30.7 Å². The van der Waals surface area contributed by atoms with Gasteiger partial charge in [0.15, 0.2) is 6.61 Å². The van der Waals surface area contributed by atoms with Crippen molar-refractivity contribution in [2.75, 3.05) is 20.8 Å². The van der Waals surface area contributed by atoms with E-state index in [2.05, 4.69) is 5.32 Å². The van der Waals surface area contributed by atoms with E-state index in [-0.39, 0.29) is 25.0 Å². The van der Waals surface area contributed by atoms with Gasteiger partial charge in [-0.15, -0.1) is 0 Å². The third-order valence-electron chi connectivity index (χ3n) is 4.92. The van der Waals surface area contributed by atoms with E-state index in [1.54, 1.807) is 31.2 Å². The lowest BCUT2D eigenvalue weighted by atomic mass is 10.1. The normalized spacial score (nSPS) is 11.5. The molecule has 0 aliphatic heterocycles. The van der Waals surface area contributed by atoms with Gasteiger partial charge in [0.05, 0.1) is 7.11 Å². The maximum absolute atomic E-state index is 13.1. The van der Waals surface area contributed by atoms with Gasteiger partial charge in [-0.3, -0.25) is 9.59 Å². The van der Waals surface area contributed by atoms with Crippen molar-refractivity contribution in [2.45, 2.75) is 39.8 Å². The number of carbonyl (C=O) groups excluding carboxylic acids is 2. The van der Waals surface area contributed by atoms with Crippen molar-refractivity contribution in [1.82, 2.24) is 10.2 Å². The summed E-state index contributed by atoms with van der Waals surface area (Å²) in [5.74, 6) is 0.816. The third kappa shape index (κ3) is 5.89. The minimum Gasteiger partial charge on any atom is -0.497 e. The molecule has 2 aromatic carbocycles. The molecule has 0 aliphatic carbocycles. The number of methoxy groups -OCH3 is 1. The number of rotatable bonds is 9. The Kier molecular flexibility index (Phi) is 8.54. The minimum absolute atomic E-state index is 0.176. The van der Waals surface area contributed by atoms with E-state index in [4.69, 9.17) is 21.1 Å². The molecule has 30 heavy (non-hydrogen) atoms. The van der Waals surface area contributed by atoms with Crippen molar-refractivity contribution < 1.29 is 19.1 Å². The van der Waals surface area contributed by atoms with Crippen molar-refractivity contribution in [3.63, 3.8) is 0 Å². The summed E-state index contributed by atoms with van der Waals surface area (Å²) in [5.41, 5.74) is 2.65. The fourth-order valence-electron chi connectivity index (χ4n) is 3.23. The van der Waals surface area contributed by atoms with E-state index >= 15 is 0 Å². The van der Waals surface area contributed by atoms with Gasteiger partial charge in [0.1, 0.15) is 17.5 Å². The Morgan fingerprint density at radius 1 is 1.10 bits per heavy atom. The fourth-order valence-corrected chi connectivity index (χ4v) is 3.34. The summed E-state index contributed by atoms with van der Waals surface area (Å²) in [5, 5.41) is 3.32. The van der Waals surface area contributed by atoms with Gasteiger partial charge in [0.2, 0.25) is 5.91 Å². The summed E-state index contributed by atoms with van der Waals surface area (Å²) >= 11 is 6.20. The molecule has 0 heterocycles. The molecule has 2 rings (SSSR count). The molecule has 0 fully saturated rings. The molecular formula is C23H29ClN2O4. The van der Waals surface area contributed by atoms with Crippen LogP contribution < -0.4 is 14.8 Å². The molecule has 1 atom stereocenters. The number of benzene rings is 2. The van der Waals surface area contributed by atoms with E-state index < -0.39 is 6.04 Å². The van der Waals surface area contributed by atoms with Crippen molar-refractivity contribution in [2.24, 2.45) is 0 Å². The van der Waals surface area contributed by atoms with Gasteiger partial charge in [0, 0.05) is 18.6 Å². The molecule has 7 heteroatoms. The zero-order valence-electron chi connectivity index (χ0n) is 18.1. The standard InChI is InChI=1S/C23H29ClN2O4/c1-6-20(23(28)25-4)26(13-17-7-9-18(29-5)10-8-17)21(27)14-30-19-11-15(2)22(24)16(3)12-19/h7-12,20H,6,13-14H2,1-5H3,(H,25,28)/t20-/m0/s1. The molecule has 162 valence electrons. The number of nitrogens with one attached hydrogen (secondary N) is 1. The number of amides is 2. The van der Waals surface area contributed by atoms with Gasteiger partial charge < -0.3 is 19.7 Å². The zero-order valence-corrected chi connectivity index (χ0v) is 18.9. The fraction of sp³-hybridized carbons (Fsp3) is 0.391. The minimum atomic E-state index is -0.595. The first-order valence-electron chi connectivity index (χ1n) is 9.84. The molecule has 0 radical (unpaired) electrons. The second kappa shape index (κ2) is 10.9. The summed E-state index contributed by atoms with van der Waals surface area (Å²) in [7, 11) is 3.16. The SMILES string of the molecule is CC[C@@H](C(=O)NC)N(Cc1ccc(OC)cc1)C(=O)COc1cc(C)c(Cl)c(C)c1. The molecule has 0 aromatic heterocycles. The average molecular weight is 433 g/mol. The highest BCUT2D eigenvalue weighted by molar-refractivity contribution is 6.32. The largest absolute Gasteiger partial charge is 0.497 e. The van der Waals surface area contributed by atoms with E-state index in [0.29, 0.717) is 17.2 Å². The van der Waals surface area contributed by atoms with Crippen LogP contribution in [-0.2, 0) is 16.1 Å². The monoisotopic (exact) mass is 432 g/mol. The molecule has 2 aromatic rings. The van der Waals surface area contributed by atoms with E-state index in [9.17, 15) is 9.59 Å². The van der Waals surface area contributed by atoms with Crippen LogP contribution in [0.4, 0.5) is 0 Å². The second-order valence-electron chi connectivity index (χ2n) is 7.07. The lowest BCUT2D eigenvalue weighted by Crippen LogP contribution is -2.49. The third-order valence-corrected chi connectivity index (χ3v) is 5.51. The number of halogens is 1. The lowest BCUT2D eigenvalue weighted by molar-refractivity contribution is -0.142. The highest BCUT2D eigenvalue weighted by Gasteiger charge is 2.28. The molecule has 0 bridgehead atoms. The first kappa shape index (κ1) is 23.5. The predicted molar refractivity (Wildman–Crippen MR) is 118 cm³/mol. The molecule has 0 aliphatic rings. The summed E-state index contributed by atoms with van der Waals surface area (Å²) < 4.78 is 10.9. The van der Waals surface area contributed by atoms with E-state index in [1.807, 2.05) is 45.0 Å². The van der Waals surface area contributed by atoms with Crippen LogP contribution in [0.3, 0.4) is 0 Å². The summed E-state index contributed by atoms with van der Waals surface area (Å²) in [4.78, 5) is 27.0. The van der Waals surface area contributed by atoms with Crippen molar-refractivity contribution in [3.8, 4) is 11.5 Å². The summed E-state index contributed by atoms with van der Waals surface area (Å²) in [6, 6.07) is 10.4. The molecule has 1 N–H and O–H groups in total. The molecular weight excluding hydrogens is 404 g/mol. The highest BCUT2D eigenvalue weighted by atomic mass is 35.5. The first-order valence-corrected chi connectivity index (χ1v) is 10.2. The van der Waals surface area contributed by atoms with Crippen LogP contribution in [0.5, 0.6) is 11.5 Å². The zero-order chi connectivity index (χ0) is 22.3. The Hall–Kier alpha value is -2.73. The molecule has 6 nitrogen and oxygen atoms in total.